The summed E-state index contributed by atoms with van der Waals surface area (Å²) in [5.74, 6) is 0.539. The van der Waals surface area contributed by atoms with Crippen LogP contribution in [0.5, 0.6) is 0 Å². The number of benzene rings is 1. The zero-order chi connectivity index (χ0) is 18.5. The molecule has 0 saturated carbocycles. The molecular formula is C18H19FN6O. The molecule has 0 spiro atoms. The quantitative estimate of drug-likeness (QED) is 0.702. The summed E-state index contributed by atoms with van der Waals surface area (Å²) in [5, 5.41) is 3.56. The zero-order valence-electron chi connectivity index (χ0n) is 14.3. The predicted molar refractivity (Wildman–Crippen MR) is 97.9 cm³/mol. The number of halogens is 1. The Kier molecular flexibility index (Phi) is 5.21. The number of aromatic nitrogens is 3. The summed E-state index contributed by atoms with van der Waals surface area (Å²) in [6.45, 7) is 2.99. The number of nitrogens with one attached hydrogen (secondary N) is 1. The molecule has 0 radical (unpaired) electrons. The molecule has 0 fully saturated rings. The van der Waals surface area contributed by atoms with Gasteiger partial charge in [-0.2, -0.15) is 0 Å². The highest BCUT2D eigenvalue weighted by molar-refractivity contribution is 5.90. The monoisotopic (exact) mass is 354 g/mol. The first-order chi connectivity index (χ1) is 12.6. The van der Waals surface area contributed by atoms with Crippen LogP contribution in [0.25, 0.3) is 11.0 Å². The fourth-order valence-electron chi connectivity index (χ4n) is 2.56. The second kappa shape index (κ2) is 7.73. The molecule has 3 N–H and O–H groups in total. The number of hydrogen-bond acceptors (Lipinski definition) is 6. The number of pyridine rings is 1. The van der Waals surface area contributed by atoms with E-state index in [-0.39, 0.29) is 18.3 Å². The number of nitrogens with two attached hydrogens (primary N) is 1. The first kappa shape index (κ1) is 17.5. The van der Waals surface area contributed by atoms with Crippen LogP contribution in [0.3, 0.4) is 0 Å². The van der Waals surface area contributed by atoms with E-state index in [4.69, 9.17) is 5.73 Å². The Morgan fingerprint density at radius 3 is 2.69 bits per heavy atom. The van der Waals surface area contributed by atoms with Crippen molar-refractivity contribution in [2.75, 3.05) is 23.7 Å². The minimum Gasteiger partial charge on any atom is -0.384 e. The Labute approximate surface area is 150 Å². The average Bonchev–Trinajstić information content (AvgIpc) is 2.65. The van der Waals surface area contributed by atoms with E-state index in [2.05, 4.69) is 20.3 Å². The third kappa shape index (κ3) is 4.02. The molecular weight excluding hydrogens is 335 g/mol. The van der Waals surface area contributed by atoms with Crippen LogP contribution in [-0.2, 0) is 11.3 Å². The molecule has 0 unspecified atom stereocenters. The van der Waals surface area contributed by atoms with Crippen molar-refractivity contribution in [2.24, 2.45) is 0 Å². The van der Waals surface area contributed by atoms with Gasteiger partial charge in [0.15, 0.2) is 5.65 Å². The van der Waals surface area contributed by atoms with Crippen LogP contribution < -0.4 is 16.0 Å². The summed E-state index contributed by atoms with van der Waals surface area (Å²) in [6.07, 6.45) is 1.41. The molecule has 7 nitrogen and oxygen atoms in total. The Hall–Kier alpha value is -3.29. The molecule has 0 aliphatic rings. The predicted octanol–water partition coefficient (Wildman–Crippen LogP) is 1.89. The van der Waals surface area contributed by atoms with E-state index in [0.717, 1.165) is 10.9 Å². The molecule has 0 aliphatic heterocycles. The lowest BCUT2D eigenvalue weighted by atomic mass is 10.2. The molecule has 26 heavy (non-hydrogen) atoms. The topological polar surface area (TPSA) is 97.0 Å². The molecule has 1 amide bonds. The van der Waals surface area contributed by atoms with Crippen molar-refractivity contribution >= 4 is 28.6 Å². The van der Waals surface area contributed by atoms with Crippen LogP contribution in [0.2, 0.25) is 0 Å². The molecule has 0 atom stereocenters. The van der Waals surface area contributed by atoms with Gasteiger partial charge in [-0.25, -0.2) is 19.3 Å². The lowest BCUT2D eigenvalue weighted by Gasteiger charge is -2.22. The largest absolute Gasteiger partial charge is 0.384 e. The van der Waals surface area contributed by atoms with Gasteiger partial charge in [-0.1, -0.05) is 12.1 Å². The van der Waals surface area contributed by atoms with E-state index < -0.39 is 0 Å². The third-order valence-electron chi connectivity index (χ3n) is 3.92. The second-order valence-corrected chi connectivity index (χ2v) is 5.72. The standard InChI is InChI=1S/C18H19FN6O/c1-2-25(10-16(26)21-9-12-3-5-13(19)6-4-12)18-14-7-8-15(20)24-17(14)22-11-23-18/h3-8,11H,2,9-10H2,1H3,(H,21,26)(H2,20,22,23,24). The minimum atomic E-state index is -0.304. The van der Waals surface area contributed by atoms with E-state index in [1.165, 1.54) is 18.5 Å². The SMILES string of the molecule is CCN(CC(=O)NCc1ccc(F)cc1)c1ncnc2nc(N)ccc12. The number of fused-ring (bicyclic) bond motifs is 1. The fourth-order valence-corrected chi connectivity index (χ4v) is 2.56. The molecule has 3 aromatic rings. The van der Waals surface area contributed by atoms with Gasteiger partial charge in [0.05, 0.1) is 11.9 Å². The molecule has 134 valence electrons. The molecule has 2 aromatic heterocycles. The Bertz CT molecular complexity index is 915. The van der Waals surface area contributed by atoms with Crippen LogP contribution in [0.15, 0.2) is 42.7 Å². The number of carbonyl (C=O) groups excluding carboxylic acids is 1. The van der Waals surface area contributed by atoms with Crippen molar-refractivity contribution in [3.63, 3.8) is 0 Å². The Balaban J connectivity index is 1.71. The van der Waals surface area contributed by atoms with E-state index in [1.54, 1.807) is 24.3 Å². The van der Waals surface area contributed by atoms with Crippen LogP contribution in [0.4, 0.5) is 16.0 Å². The molecule has 0 aliphatic carbocycles. The van der Waals surface area contributed by atoms with Gasteiger partial charge in [0.25, 0.3) is 0 Å². The van der Waals surface area contributed by atoms with E-state index in [0.29, 0.717) is 30.4 Å². The summed E-state index contributed by atoms with van der Waals surface area (Å²) in [6, 6.07) is 9.49. The van der Waals surface area contributed by atoms with E-state index in [9.17, 15) is 9.18 Å². The first-order valence-corrected chi connectivity index (χ1v) is 8.20. The lowest BCUT2D eigenvalue weighted by Crippen LogP contribution is -2.37. The van der Waals surface area contributed by atoms with Crippen LogP contribution in [-0.4, -0.2) is 33.9 Å². The molecule has 8 heteroatoms. The van der Waals surface area contributed by atoms with Crippen molar-refractivity contribution in [2.45, 2.75) is 13.5 Å². The average molecular weight is 354 g/mol. The second-order valence-electron chi connectivity index (χ2n) is 5.72. The number of amides is 1. The van der Waals surface area contributed by atoms with Crippen molar-refractivity contribution in [1.29, 1.82) is 0 Å². The number of likely N-dealkylation sites (N-methyl/N-ethyl adjacent to an activating group) is 1. The van der Waals surface area contributed by atoms with E-state index >= 15 is 0 Å². The van der Waals surface area contributed by atoms with Crippen molar-refractivity contribution < 1.29 is 9.18 Å². The van der Waals surface area contributed by atoms with Gasteiger partial charge in [0.1, 0.15) is 23.8 Å². The highest BCUT2D eigenvalue weighted by Gasteiger charge is 2.15. The highest BCUT2D eigenvalue weighted by atomic mass is 19.1. The van der Waals surface area contributed by atoms with Crippen molar-refractivity contribution in [3.05, 3.63) is 54.1 Å². The summed E-state index contributed by atoms with van der Waals surface area (Å²) < 4.78 is 12.9. The number of rotatable bonds is 6. The smallest absolute Gasteiger partial charge is 0.239 e. The first-order valence-electron chi connectivity index (χ1n) is 8.20. The van der Waals surface area contributed by atoms with Gasteiger partial charge in [-0.15, -0.1) is 0 Å². The van der Waals surface area contributed by atoms with Crippen molar-refractivity contribution in [3.8, 4) is 0 Å². The van der Waals surface area contributed by atoms with Crippen molar-refractivity contribution in [1.82, 2.24) is 20.3 Å². The summed E-state index contributed by atoms with van der Waals surface area (Å²) in [7, 11) is 0. The van der Waals surface area contributed by atoms with Gasteiger partial charge in [-0.3, -0.25) is 4.79 Å². The molecule has 1 aromatic carbocycles. The highest BCUT2D eigenvalue weighted by Crippen LogP contribution is 2.22. The molecule has 0 saturated heterocycles. The van der Waals surface area contributed by atoms with Gasteiger partial charge >= 0.3 is 0 Å². The normalized spacial score (nSPS) is 10.7. The summed E-state index contributed by atoms with van der Waals surface area (Å²) in [4.78, 5) is 26.8. The Morgan fingerprint density at radius 1 is 1.19 bits per heavy atom. The van der Waals surface area contributed by atoms with Crippen LogP contribution in [0, 0.1) is 5.82 Å². The maximum Gasteiger partial charge on any atom is 0.239 e. The number of nitrogen functional groups attached to an aromatic ring is 1. The zero-order valence-corrected chi connectivity index (χ0v) is 14.3. The minimum absolute atomic E-state index is 0.133. The van der Waals surface area contributed by atoms with Crippen LogP contribution in [0.1, 0.15) is 12.5 Å². The number of nitrogens with zero attached hydrogens (tertiary/aromatic N) is 4. The summed E-state index contributed by atoms with van der Waals surface area (Å²) >= 11 is 0. The van der Waals surface area contributed by atoms with Gasteiger partial charge in [-0.05, 0) is 36.8 Å². The van der Waals surface area contributed by atoms with Gasteiger partial charge < -0.3 is 16.0 Å². The summed E-state index contributed by atoms with van der Waals surface area (Å²) in [5.41, 5.74) is 7.01. The maximum atomic E-state index is 12.9. The molecule has 2 heterocycles. The molecule has 3 rings (SSSR count). The number of carbonyl (C=O) groups is 1. The fraction of sp³-hybridized carbons (Fsp3) is 0.222. The van der Waals surface area contributed by atoms with Crippen LogP contribution >= 0.6 is 0 Å². The lowest BCUT2D eigenvalue weighted by molar-refractivity contribution is -0.119. The maximum absolute atomic E-state index is 12.9. The van der Waals surface area contributed by atoms with Gasteiger partial charge in [0, 0.05) is 13.1 Å². The third-order valence-corrected chi connectivity index (χ3v) is 3.92. The number of anilines is 2. The molecule has 0 bridgehead atoms. The Morgan fingerprint density at radius 2 is 1.96 bits per heavy atom. The van der Waals surface area contributed by atoms with E-state index in [1.807, 2.05) is 11.8 Å². The number of hydrogen-bond donors (Lipinski definition) is 2. The van der Waals surface area contributed by atoms with Gasteiger partial charge in [0.2, 0.25) is 5.91 Å².